The van der Waals surface area contributed by atoms with E-state index in [-0.39, 0.29) is 18.9 Å². The topological polar surface area (TPSA) is 80.5 Å². The number of rotatable bonds is 3. The summed E-state index contributed by atoms with van der Waals surface area (Å²) < 4.78 is 34.9. The van der Waals surface area contributed by atoms with E-state index in [1.165, 1.54) is 4.90 Å². The maximum Gasteiger partial charge on any atom is 0.302 e. The fraction of sp³-hybridized carbons (Fsp3) is 0.417. The average Bonchev–Trinajstić information content (AvgIpc) is 2.55. The number of hydrogen-bond acceptors (Lipinski definition) is 4. The van der Waals surface area contributed by atoms with Crippen molar-refractivity contribution in [2.75, 3.05) is 22.9 Å². The van der Waals surface area contributed by atoms with Gasteiger partial charge in [-0.05, 0) is 24.6 Å². The molecule has 0 radical (unpaired) electrons. The van der Waals surface area contributed by atoms with Crippen LogP contribution < -0.4 is 10.6 Å². The third-order valence-electron chi connectivity index (χ3n) is 3.20. The SMILES string of the molecule is Cc1cc(Br)cc(N)c1N1CC(CS(=O)(=O)F)CC1=O. The van der Waals surface area contributed by atoms with Crippen LogP contribution in [0.2, 0.25) is 0 Å². The maximum atomic E-state index is 12.7. The van der Waals surface area contributed by atoms with Crippen LogP contribution in [-0.2, 0) is 15.0 Å². The highest BCUT2D eigenvalue weighted by Gasteiger charge is 2.35. The van der Waals surface area contributed by atoms with Crippen LogP contribution in [0, 0.1) is 12.8 Å². The van der Waals surface area contributed by atoms with E-state index in [4.69, 9.17) is 5.73 Å². The monoisotopic (exact) mass is 364 g/mol. The van der Waals surface area contributed by atoms with Crippen LogP contribution in [0.15, 0.2) is 16.6 Å². The van der Waals surface area contributed by atoms with E-state index in [0.29, 0.717) is 11.4 Å². The number of nitrogens with two attached hydrogens (primary N) is 1. The number of amides is 1. The van der Waals surface area contributed by atoms with Crippen molar-refractivity contribution in [3.05, 3.63) is 22.2 Å². The molecule has 1 aliphatic heterocycles. The Hall–Kier alpha value is -1.15. The van der Waals surface area contributed by atoms with Crippen molar-refractivity contribution < 1.29 is 17.1 Å². The van der Waals surface area contributed by atoms with Crippen molar-refractivity contribution in [2.24, 2.45) is 5.92 Å². The lowest BCUT2D eigenvalue weighted by molar-refractivity contribution is -0.117. The van der Waals surface area contributed by atoms with Crippen LogP contribution in [0.1, 0.15) is 12.0 Å². The van der Waals surface area contributed by atoms with Crippen molar-refractivity contribution >= 4 is 43.4 Å². The van der Waals surface area contributed by atoms with E-state index in [1.54, 1.807) is 6.07 Å². The lowest BCUT2D eigenvalue weighted by Gasteiger charge is -2.21. The Kier molecular flexibility index (Phi) is 4.06. The van der Waals surface area contributed by atoms with Gasteiger partial charge in [0, 0.05) is 23.4 Å². The summed E-state index contributed by atoms with van der Waals surface area (Å²) in [6.45, 7) is 1.97. The summed E-state index contributed by atoms with van der Waals surface area (Å²) in [5.41, 5.74) is 7.71. The van der Waals surface area contributed by atoms with E-state index in [0.717, 1.165) is 10.0 Å². The lowest BCUT2D eigenvalue weighted by atomic mass is 10.1. The summed E-state index contributed by atoms with van der Waals surface area (Å²) in [4.78, 5) is 13.4. The highest BCUT2D eigenvalue weighted by Crippen LogP contribution is 2.35. The molecule has 8 heteroatoms. The molecule has 0 bridgehead atoms. The molecule has 5 nitrogen and oxygen atoms in total. The number of aryl methyl sites for hydroxylation is 1. The predicted molar refractivity (Wildman–Crippen MR) is 78.6 cm³/mol. The van der Waals surface area contributed by atoms with Crippen molar-refractivity contribution in [3.63, 3.8) is 0 Å². The van der Waals surface area contributed by atoms with E-state index < -0.39 is 21.9 Å². The first-order chi connectivity index (χ1) is 9.17. The van der Waals surface area contributed by atoms with Gasteiger partial charge in [-0.3, -0.25) is 4.79 Å². The number of hydrogen-bond donors (Lipinski definition) is 1. The fourth-order valence-electron chi connectivity index (χ4n) is 2.52. The Balaban J connectivity index is 2.29. The van der Waals surface area contributed by atoms with Crippen molar-refractivity contribution in [3.8, 4) is 0 Å². The zero-order valence-corrected chi connectivity index (χ0v) is 13.2. The highest BCUT2D eigenvalue weighted by molar-refractivity contribution is 9.10. The number of halogens is 2. The molecule has 1 amide bonds. The molecule has 0 spiro atoms. The van der Waals surface area contributed by atoms with Crippen LogP contribution in [0.25, 0.3) is 0 Å². The maximum absolute atomic E-state index is 12.7. The van der Waals surface area contributed by atoms with E-state index >= 15 is 0 Å². The summed E-state index contributed by atoms with van der Waals surface area (Å²) in [6, 6.07) is 3.49. The zero-order valence-electron chi connectivity index (χ0n) is 10.8. The molecule has 1 heterocycles. The summed E-state index contributed by atoms with van der Waals surface area (Å²) >= 11 is 3.31. The molecule has 0 saturated carbocycles. The smallest absolute Gasteiger partial charge is 0.302 e. The van der Waals surface area contributed by atoms with Gasteiger partial charge >= 0.3 is 10.2 Å². The molecular formula is C12H14BrFN2O3S. The van der Waals surface area contributed by atoms with E-state index in [2.05, 4.69) is 15.9 Å². The van der Waals surface area contributed by atoms with Gasteiger partial charge in [0.1, 0.15) is 0 Å². The normalized spacial score (nSPS) is 19.6. The molecule has 2 rings (SSSR count). The van der Waals surface area contributed by atoms with Gasteiger partial charge in [0.05, 0.1) is 17.1 Å². The Labute approximate surface area is 125 Å². The first kappa shape index (κ1) is 15.2. The number of benzene rings is 1. The van der Waals surface area contributed by atoms with Crippen molar-refractivity contribution in [1.29, 1.82) is 0 Å². The third-order valence-corrected chi connectivity index (χ3v) is 4.53. The molecule has 20 heavy (non-hydrogen) atoms. The number of anilines is 2. The molecule has 110 valence electrons. The number of carbonyl (C=O) groups is 1. The predicted octanol–water partition coefficient (Wildman–Crippen LogP) is 1.99. The van der Waals surface area contributed by atoms with Gasteiger partial charge in [-0.1, -0.05) is 15.9 Å². The van der Waals surface area contributed by atoms with Crippen LogP contribution in [-0.4, -0.2) is 26.6 Å². The molecule has 1 aromatic rings. The van der Waals surface area contributed by atoms with Gasteiger partial charge < -0.3 is 10.6 Å². The van der Waals surface area contributed by atoms with E-state index in [1.807, 2.05) is 13.0 Å². The molecule has 1 aliphatic rings. The van der Waals surface area contributed by atoms with Crippen molar-refractivity contribution in [1.82, 2.24) is 0 Å². The second kappa shape index (κ2) is 5.33. The average molecular weight is 365 g/mol. The second-order valence-corrected chi connectivity index (χ2v) is 7.27. The van der Waals surface area contributed by atoms with Crippen LogP contribution in [0.3, 0.4) is 0 Å². The molecular weight excluding hydrogens is 351 g/mol. The van der Waals surface area contributed by atoms with Crippen LogP contribution >= 0.6 is 15.9 Å². The second-order valence-electron chi connectivity index (χ2n) is 4.94. The Morgan fingerprint density at radius 3 is 2.70 bits per heavy atom. The number of nitrogens with zero attached hydrogens (tertiary/aromatic N) is 1. The number of nitrogen functional groups attached to an aromatic ring is 1. The van der Waals surface area contributed by atoms with Gasteiger partial charge in [0.2, 0.25) is 5.91 Å². The van der Waals surface area contributed by atoms with Crippen LogP contribution in [0.4, 0.5) is 15.3 Å². The summed E-state index contributed by atoms with van der Waals surface area (Å²) in [7, 11) is -4.58. The lowest BCUT2D eigenvalue weighted by Crippen LogP contribution is -2.27. The van der Waals surface area contributed by atoms with Gasteiger partial charge in [-0.15, -0.1) is 3.89 Å². The first-order valence-corrected chi connectivity index (χ1v) is 8.30. The molecule has 0 aromatic heterocycles. The standard InChI is InChI=1S/C12H14BrFN2O3S/c1-7-2-9(13)4-10(15)12(7)16-5-8(3-11(16)17)6-20(14,18)19/h2,4,8H,3,5-6,15H2,1H3. The molecule has 1 atom stereocenters. The highest BCUT2D eigenvalue weighted by atomic mass is 79.9. The zero-order chi connectivity index (χ0) is 15.1. The Morgan fingerprint density at radius 2 is 2.15 bits per heavy atom. The van der Waals surface area contributed by atoms with Gasteiger partial charge in [0.15, 0.2) is 0 Å². The quantitative estimate of drug-likeness (QED) is 0.656. The third kappa shape index (κ3) is 3.29. The Morgan fingerprint density at radius 1 is 1.50 bits per heavy atom. The van der Waals surface area contributed by atoms with Crippen molar-refractivity contribution in [2.45, 2.75) is 13.3 Å². The largest absolute Gasteiger partial charge is 0.397 e. The number of carbonyl (C=O) groups excluding carboxylic acids is 1. The first-order valence-electron chi connectivity index (χ1n) is 5.95. The summed E-state index contributed by atoms with van der Waals surface area (Å²) in [5, 5.41) is 0. The minimum atomic E-state index is -4.58. The Bertz CT molecular complexity index is 640. The molecule has 1 unspecified atom stereocenters. The molecule has 0 aliphatic carbocycles. The fourth-order valence-corrected chi connectivity index (χ4v) is 3.90. The minimum absolute atomic E-state index is 0.0120. The van der Waals surface area contributed by atoms with Gasteiger partial charge in [-0.25, -0.2) is 0 Å². The molecule has 1 saturated heterocycles. The van der Waals surface area contributed by atoms with Gasteiger partial charge in [-0.2, -0.15) is 8.42 Å². The van der Waals surface area contributed by atoms with E-state index in [9.17, 15) is 17.1 Å². The summed E-state index contributed by atoms with van der Waals surface area (Å²) in [5.74, 6) is -1.42. The minimum Gasteiger partial charge on any atom is -0.397 e. The molecule has 2 N–H and O–H groups in total. The summed E-state index contributed by atoms with van der Waals surface area (Å²) in [6.07, 6.45) is 0.0120. The molecule has 1 fully saturated rings. The molecule has 1 aromatic carbocycles. The van der Waals surface area contributed by atoms with Gasteiger partial charge in [0.25, 0.3) is 0 Å². The van der Waals surface area contributed by atoms with Crippen LogP contribution in [0.5, 0.6) is 0 Å².